The normalized spacial score (nSPS) is 20.6. The first-order valence-corrected chi connectivity index (χ1v) is 9.87. The summed E-state index contributed by atoms with van der Waals surface area (Å²) >= 11 is 0. The molecule has 5 heteroatoms. The molecular weight excluding hydrogens is 336 g/mol. The van der Waals surface area contributed by atoms with Gasteiger partial charge in [0, 0.05) is 44.5 Å². The van der Waals surface area contributed by atoms with Gasteiger partial charge >= 0.3 is 0 Å². The molecule has 0 bridgehead atoms. The van der Waals surface area contributed by atoms with Crippen LogP contribution in [0, 0.1) is 6.92 Å². The minimum absolute atomic E-state index is 0.120. The molecule has 5 nitrogen and oxygen atoms in total. The van der Waals surface area contributed by atoms with Crippen molar-refractivity contribution >= 4 is 17.3 Å². The SMILES string of the molecule is Cc1ccc(Nc2ccccc2C(=O)N2CCN([C@H]3CCNC3)CC2)cc1. The zero-order valence-electron chi connectivity index (χ0n) is 15.9. The molecule has 2 heterocycles. The van der Waals surface area contributed by atoms with E-state index < -0.39 is 0 Å². The van der Waals surface area contributed by atoms with E-state index >= 15 is 0 Å². The Kier molecular flexibility index (Phi) is 5.41. The first-order valence-electron chi connectivity index (χ1n) is 9.87. The topological polar surface area (TPSA) is 47.6 Å². The number of piperazine rings is 1. The van der Waals surface area contributed by atoms with E-state index in [9.17, 15) is 4.79 Å². The van der Waals surface area contributed by atoms with Gasteiger partial charge in [-0.25, -0.2) is 0 Å². The number of hydrogen-bond acceptors (Lipinski definition) is 4. The summed E-state index contributed by atoms with van der Waals surface area (Å²) < 4.78 is 0. The quantitative estimate of drug-likeness (QED) is 0.876. The highest BCUT2D eigenvalue weighted by molar-refractivity contribution is 6.00. The lowest BCUT2D eigenvalue weighted by atomic mass is 10.1. The van der Waals surface area contributed by atoms with Crippen molar-refractivity contribution < 1.29 is 4.79 Å². The number of amides is 1. The third kappa shape index (κ3) is 4.15. The molecule has 2 N–H and O–H groups in total. The zero-order chi connectivity index (χ0) is 18.6. The molecule has 142 valence electrons. The van der Waals surface area contributed by atoms with Crippen LogP contribution < -0.4 is 10.6 Å². The van der Waals surface area contributed by atoms with Crippen molar-refractivity contribution in [3.05, 3.63) is 59.7 Å². The van der Waals surface area contributed by atoms with Crippen LogP contribution in [0.25, 0.3) is 0 Å². The van der Waals surface area contributed by atoms with Crippen LogP contribution in [0.1, 0.15) is 22.3 Å². The second kappa shape index (κ2) is 8.11. The third-order valence-electron chi connectivity index (χ3n) is 5.64. The van der Waals surface area contributed by atoms with Gasteiger partial charge in [0.2, 0.25) is 0 Å². The van der Waals surface area contributed by atoms with E-state index in [0.29, 0.717) is 6.04 Å². The standard InChI is InChI=1S/C22H28N4O/c1-17-6-8-18(9-7-17)24-21-5-3-2-4-20(21)22(27)26-14-12-25(13-15-26)19-10-11-23-16-19/h2-9,19,23-24H,10-16H2,1H3/t19-/m0/s1. The number of nitrogens with zero attached hydrogens (tertiary/aromatic N) is 2. The molecule has 2 aliphatic heterocycles. The molecule has 2 aliphatic rings. The Morgan fingerprint density at radius 2 is 1.78 bits per heavy atom. The van der Waals surface area contributed by atoms with Gasteiger partial charge in [0.15, 0.2) is 0 Å². The van der Waals surface area contributed by atoms with Gasteiger partial charge in [0.1, 0.15) is 0 Å². The number of carbonyl (C=O) groups is 1. The number of para-hydroxylation sites is 1. The van der Waals surface area contributed by atoms with Crippen molar-refractivity contribution in [2.45, 2.75) is 19.4 Å². The number of aryl methyl sites for hydroxylation is 1. The predicted molar refractivity (Wildman–Crippen MR) is 110 cm³/mol. The molecule has 0 aromatic heterocycles. The Bertz CT molecular complexity index is 775. The average Bonchev–Trinajstić information content (AvgIpc) is 3.25. The van der Waals surface area contributed by atoms with Crippen LogP contribution in [0.2, 0.25) is 0 Å². The van der Waals surface area contributed by atoms with Gasteiger partial charge in [-0.1, -0.05) is 29.8 Å². The minimum Gasteiger partial charge on any atom is -0.355 e. The van der Waals surface area contributed by atoms with E-state index in [4.69, 9.17) is 0 Å². The Labute approximate surface area is 161 Å². The molecule has 0 spiro atoms. The highest BCUT2D eigenvalue weighted by atomic mass is 16.2. The van der Waals surface area contributed by atoms with Crippen molar-refractivity contribution in [3.63, 3.8) is 0 Å². The first-order chi connectivity index (χ1) is 13.2. The Morgan fingerprint density at radius 3 is 2.48 bits per heavy atom. The van der Waals surface area contributed by atoms with Crippen LogP contribution in [0.3, 0.4) is 0 Å². The molecule has 27 heavy (non-hydrogen) atoms. The minimum atomic E-state index is 0.120. The van der Waals surface area contributed by atoms with Gasteiger partial charge in [-0.2, -0.15) is 0 Å². The van der Waals surface area contributed by atoms with Crippen LogP contribution >= 0.6 is 0 Å². The maximum Gasteiger partial charge on any atom is 0.256 e. The van der Waals surface area contributed by atoms with Gasteiger partial charge in [0.25, 0.3) is 5.91 Å². The monoisotopic (exact) mass is 364 g/mol. The lowest BCUT2D eigenvalue weighted by Gasteiger charge is -2.38. The van der Waals surface area contributed by atoms with Crippen molar-refractivity contribution in [1.29, 1.82) is 0 Å². The molecule has 0 unspecified atom stereocenters. The van der Waals surface area contributed by atoms with Crippen LogP contribution in [-0.4, -0.2) is 61.0 Å². The van der Waals surface area contributed by atoms with Crippen LogP contribution in [0.5, 0.6) is 0 Å². The molecule has 0 aliphatic carbocycles. The smallest absolute Gasteiger partial charge is 0.256 e. The van der Waals surface area contributed by atoms with Gasteiger partial charge in [-0.05, 0) is 44.2 Å². The summed E-state index contributed by atoms with van der Waals surface area (Å²) in [6.07, 6.45) is 1.22. The fourth-order valence-electron chi connectivity index (χ4n) is 3.98. The molecule has 2 fully saturated rings. The molecule has 0 radical (unpaired) electrons. The maximum absolute atomic E-state index is 13.1. The lowest BCUT2D eigenvalue weighted by Crippen LogP contribution is -2.52. The molecular formula is C22H28N4O. The number of carbonyl (C=O) groups excluding carboxylic acids is 1. The summed E-state index contributed by atoms with van der Waals surface area (Å²) in [5.41, 5.74) is 3.84. The Balaban J connectivity index is 1.43. The predicted octanol–water partition coefficient (Wildman–Crippen LogP) is 2.86. The lowest BCUT2D eigenvalue weighted by molar-refractivity contribution is 0.0585. The molecule has 4 rings (SSSR count). The number of hydrogen-bond donors (Lipinski definition) is 2. The third-order valence-corrected chi connectivity index (χ3v) is 5.64. The van der Waals surface area contributed by atoms with Crippen molar-refractivity contribution in [1.82, 2.24) is 15.1 Å². The Morgan fingerprint density at radius 1 is 1.04 bits per heavy atom. The maximum atomic E-state index is 13.1. The van der Waals surface area contributed by atoms with Crippen molar-refractivity contribution in [2.75, 3.05) is 44.6 Å². The number of benzene rings is 2. The second-order valence-corrected chi connectivity index (χ2v) is 7.51. The van der Waals surface area contributed by atoms with Crippen LogP contribution in [0.15, 0.2) is 48.5 Å². The number of nitrogens with one attached hydrogen (secondary N) is 2. The van der Waals surface area contributed by atoms with Crippen LogP contribution in [-0.2, 0) is 0 Å². The van der Waals surface area contributed by atoms with Crippen molar-refractivity contribution in [3.8, 4) is 0 Å². The molecule has 2 aromatic carbocycles. The van der Waals surface area contributed by atoms with Gasteiger partial charge in [0.05, 0.1) is 11.3 Å². The van der Waals surface area contributed by atoms with Crippen molar-refractivity contribution in [2.24, 2.45) is 0 Å². The second-order valence-electron chi connectivity index (χ2n) is 7.51. The fraction of sp³-hybridized carbons (Fsp3) is 0.409. The summed E-state index contributed by atoms with van der Waals surface area (Å²) in [6, 6.07) is 16.7. The molecule has 2 aromatic rings. The summed E-state index contributed by atoms with van der Waals surface area (Å²) in [7, 11) is 0. The van der Waals surface area contributed by atoms with E-state index in [1.165, 1.54) is 12.0 Å². The zero-order valence-corrected chi connectivity index (χ0v) is 15.9. The van der Waals surface area contributed by atoms with E-state index in [2.05, 4.69) is 34.6 Å². The van der Waals surface area contributed by atoms with Gasteiger partial charge in [-0.15, -0.1) is 0 Å². The molecule has 1 atom stereocenters. The summed E-state index contributed by atoms with van der Waals surface area (Å²) in [5, 5.41) is 6.84. The van der Waals surface area contributed by atoms with Crippen LogP contribution in [0.4, 0.5) is 11.4 Å². The Hall–Kier alpha value is -2.37. The summed E-state index contributed by atoms with van der Waals surface area (Å²) in [5.74, 6) is 0.120. The van der Waals surface area contributed by atoms with E-state index in [0.717, 1.165) is 56.2 Å². The van der Waals surface area contributed by atoms with Gasteiger partial charge in [-0.3, -0.25) is 9.69 Å². The van der Waals surface area contributed by atoms with Gasteiger partial charge < -0.3 is 15.5 Å². The average molecular weight is 364 g/mol. The molecule has 1 amide bonds. The highest BCUT2D eigenvalue weighted by Gasteiger charge is 2.28. The fourth-order valence-corrected chi connectivity index (χ4v) is 3.98. The number of rotatable bonds is 4. The summed E-state index contributed by atoms with van der Waals surface area (Å²) in [6.45, 7) is 7.79. The van der Waals surface area contributed by atoms with E-state index in [1.807, 2.05) is 41.3 Å². The molecule has 0 saturated carbocycles. The summed E-state index contributed by atoms with van der Waals surface area (Å²) in [4.78, 5) is 17.7. The first kappa shape index (κ1) is 18.0. The highest BCUT2D eigenvalue weighted by Crippen LogP contribution is 2.23. The van der Waals surface area contributed by atoms with E-state index in [-0.39, 0.29) is 5.91 Å². The van der Waals surface area contributed by atoms with E-state index in [1.54, 1.807) is 0 Å². The largest absolute Gasteiger partial charge is 0.355 e. The number of anilines is 2. The molecule has 2 saturated heterocycles.